The van der Waals surface area contributed by atoms with E-state index < -0.39 is 53.8 Å². The molecule has 0 fully saturated rings. The molecule has 2 rings (SSSR count). The number of hydrogen-bond acceptors (Lipinski definition) is 3. The molecule has 2 aromatic rings. The minimum atomic E-state index is -5.26. The van der Waals surface area contributed by atoms with Gasteiger partial charge in [0, 0.05) is 11.1 Å². The highest BCUT2D eigenvalue weighted by Gasteiger charge is 2.44. The fraction of sp³-hybridized carbons (Fsp3) is 0.300. The molecule has 2 aromatic carbocycles. The van der Waals surface area contributed by atoms with Crippen molar-refractivity contribution in [2.24, 2.45) is 0 Å². The second-order valence-corrected chi connectivity index (χ2v) is 8.49. The maximum Gasteiger partial charge on any atom is 0.417 e. The second-order valence-electron chi connectivity index (χ2n) is 6.66. The maximum absolute atomic E-state index is 13.3. The third-order valence-electron chi connectivity index (χ3n) is 4.55. The number of benzene rings is 2. The number of hydrogen-bond donors (Lipinski definition) is 0. The molecular weight excluding hydrogens is 433 g/mol. The Labute approximate surface area is 168 Å². The maximum atomic E-state index is 13.3. The van der Waals surface area contributed by atoms with Gasteiger partial charge in [0.1, 0.15) is 0 Å². The number of rotatable bonds is 5. The molecule has 10 heteroatoms. The van der Waals surface area contributed by atoms with Crippen LogP contribution in [0.3, 0.4) is 0 Å². The minimum absolute atomic E-state index is 0.0263. The molecule has 0 aliphatic carbocycles. The van der Waals surface area contributed by atoms with Crippen LogP contribution in [0.4, 0.5) is 26.3 Å². The highest BCUT2D eigenvalue weighted by Crippen LogP contribution is 2.43. The van der Waals surface area contributed by atoms with Crippen LogP contribution in [0.5, 0.6) is 0 Å². The first kappa shape index (κ1) is 23.7. The third-order valence-corrected chi connectivity index (χ3v) is 6.11. The van der Waals surface area contributed by atoms with Crippen molar-refractivity contribution in [3.05, 3.63) is 69.8 Å². The summed E-state index contributed by atoms with van der Waals surface area (Å²) in [6.07, 6.45) is -10.5. The lowest BCUT2D eigenvalue weighted by Crippen LogP contribution is -2.25. The summed E-state index contributed by atoms with van der Waals surface area (Å²) in [6.45, 7) is 3.97. The summed E-state index contributed by atoms with van der Waals surface area (Å²) < 4.78 is 92.6. The smallest absolute Gasteiger partial charge is 0.293 e. The fourth-order valence-corrected chi connectivity index (χ4v) is 4.31. The molecule has 0 amide bonds. The van der Waals surface area contributed by atoms with Gasteiger partial charge < -0.3 is 0 Å². The summed E-state index contributed by atoms with van der Waals surface area (Å²) >= 11 is 0. The zero-order chi connectivity index (χ0) is 23.0. The van der Waals surface area contributed by atoms with Crippen LogP contribution < -0.4 is 0 Å². The van der Waals surface area contributed by atoms with Crippen LogP contribution in [0.2, 0.25) is 0 Å². The molecule has 0 bridgehead atoms. The Bertz CT molecular complexity index is 972. The van der Waals surface area contributed by atoms with E-state index in [1.165, 1.54) is 26.0 Å². The Morgan fingerprint density at radius 1 is 0.800 bits per heavy atom. The molecule has 0 aromatic heterocycles. The van der Waals surface area contributed by atoms with Crippen molar-refractivity contribution in [3.8, 4) is 0 Å². The van der Waals surface area contributed by atoms with E-state index in [1.54, 1.807) is 6.07 Å². The lowest BCUT2D eigenvalue weighted by molar-refractivity contribution is -0.143. The molecule has 0 saturated heterocycles. The SMILES string of the molecule is Cc1cccc(C)c1C(=O)[P](=O)C(C)C(=O)c1c(C(F)(F)F)cccc1C(F)(F)F. The van der Waals surface area contributed by atoms with Crippen LogP contribution in [-0.2, 0) is 16.9 Å². The van der Waals surface area contributed by atoms with E-state index in [0.717, 1.165) is 6.92 Å². The molecule has 1 radical (unpaired) electrons. The third kappa shape index (κ3) is 4.61. The Morgan fingerprint density at radius 2 is 1.20 bits per heavy atom. The van der Waals surface area contributed by atoms with Crippen LogP contribution in [0.15, 0.2) is 36.4 Å². The number of halogens is 6. The largest absolute Gasteiger partial charge is 0.417 e. The van der Waals surface area contributed by atoms with Crippen LogP contribution >= 0.6 is 7.80 Å². The molecule has 3 nitrogen and oxygen atoms in total. The zero-order valence-corrected chi connectivity index (χ0v) is 16.9. The summed E-state index contributed by atoms with van der Waals surface area (Å²) in [6, 6.07) is 5.92. The Hall–Kier alpha value is -2.54. The molecule has 2 unspecified atom stereocenters. The summed E-state index contributed by atoms with van der Waals surface area (Å²) in [5.74, 6) is -1.66. The van der Waals surface area contributed by atoms with Gasteiger partial charge in [-0.3, -0.25) is 14.2 Å². The predicted octanol–water partition coefficient (Wildman–Crippen LogP) is 6.58. The van der Waals surface area contributed by atoms with E-state index in [0.29, 0.717) is 29.3 Å². The van der Waals surface area contributed by atoms with Crippen molar-refractivity contribution in [2.75, 3.05) is 0 Å². The van der Waals surface area contributed by atoms with Crippen molar-refractivity contribution in [1.29, 1.82) is 0 Å². The van der Waals surface area contributed by atoms with Crippen molar-refractivity contribution >= 4 is 19.1 Å². The number of carbonyl (C=O) groups is 2. The summed E-state index contributed by atoms with van der Waals surface area (Å²) in [7, 11) is -3.14. The van der Waals surface area contributed by atoms with Gasteiger partial charge in [0.05, 0.1) is 16.8 Å². The monoisotopic (exact) mass is 449 g/mol. The van der Waals surface area contributed by atoms with Crippen molar-refractivity contribution in [1.82, 2.24) is 0 Å². The average Bonchev–Trinajstić information content (AvgIpc) is 2.63. The number of alkyl halides is 6. The lowest BCUT2D eigenvalue weighted by atomic mass is 9.95. The van der Waals surface area contributed by atoms with Crippen LogP contribution in [0.25, 0.3) is 0 Å². The first-order valence-electron chi connectivity index (χ1n) is 8.56. The first-order valence-corrected chi connectivity index (χ1v) is 9.89. The van der Waals surface area contributed by atoms with E-state index in [9.17, 15) is 40.5 Å². The molecule has 0 aliphatic rings. The van der Waals surface area contributed by atoms with Gasteiger partial charge in [-0.15, -0.1) is 0 Å². The highest BCUT2D eigenvalue weighted by molar-refractivity contribution is 7.66. The van der Waals surface area contributed by atoms with Gasteiger partial charge in [0.25, 0.3) is 0 Å². The van der Waals surface area contributed by atoms with Crippen LogP contribution in [0, 0.1) is 13.8 Å². The Kier molecular flexibility index (Phi) is 6.57. The molecule has 0 N–H and O–H groups in total. The number of carbonyl (C=O) groups excluding carboxylic acids is 2. The van der Waals surface area contributed by atoms with Gasteiger partial charge in [0.2, 0.25) is 5.52 Å². The fourth-order valence-electron chi connectivity index (χ4n) is 3.04. The van der Waals surface area contributed by atoms with E-state index >= 15 is 0 Å². The topological polar surface area (TPSA) is 51.2 Å². The van der Waals surface area contributed by atoms with Crippen molar-refractivity contribution in [3.63, 3.8) is 0 Å². The quantitative estimate of drug-likeness (QED) is 0.294. The van der Waals surface area contributed by atoms with Gasteiger partial charge in [-0.25, -0.2) is 0 Å². The molecular formula is C20H16F6O3P. The average molecular weight is 449 g/mol. The first-order chi connectivity index (χ1) is 13.7. The van der Waals surface area contributed by atoms with Gasteiger partial charge in [-0.05, 0) is 44.0 Å². The second kappa shape index (κ2) is 8.30. The number of aryl methyl sites for hydroxylation is 2. The van der Waals surface area contributed by atoms with E-state index in [2.05, 4.69) is 0 Å². The van der Waals surface area contributed by atoms with E-state index in [1.807, 2.05) is 0 Å². The number of ketones is 1. The molecule has 0 aliphatic heterocycles. The molecule has 2 atom stereocenters. The molecule has 0 saturated carbocycles. The highest BCUT2D eigenvalue weighted by atomic mass is 31.1. The van der Waals surface area contributed by atoms with E-state index in [-0.39, 0.29) is 5.56 Å². The van der Waals surface area contributed by atoms with Gasteiger partial charge in [-0.1, -0.05) is 24.3 Å². The predicted molar refractivity (Wildman–Crippen MR) is 98.1 cm³/mol. The van der Waals surface area contributed by atoms with Gasteiger partial charge in [0.15, 0.2) is 13.6 Å². The molecule has 0 spiro atoms. The van der Waals surface area contributed by atoms with Gasteiger partial charge >= 0.3 is 12.4 Å². The standard InChI is InChI=1S/C20H16F6O3P/c1-10-6-4-7-11(2)15(10)18(28)30(29)12(3)17(27)16-13(19(21,22)23)8-5-9-14(16)20(24,25)26/h4-9,12H,1-3H3. The Morgan fingerprint density at radius 3 is 1.60 bits per heavy atom. The Balaban J connectivity index is 2.57. The summed E-state index contributed by atoms with van der Waals surface area (Å²) in [4.78, 5) is 25.3. The molecule has 0 heterocycles. The van der Waals surface area contributed by atoms with Crippen LogP contribution in [0.1, 0.15) is 49.9 Å². The van der Waals surface area contributed by atoms with Crippen molar-refractivity contribution in [2.45, 2.75) is 38.8 Å². The summed E-state index contributed by atoms with van der Waals surface area (Å²) in [5.41, 5.74) is -7.24. The normalized spacial score (nSPS) is 13.7. The summed E-state index contributed by atoms with van der Waals surface area (Å²) in [5, 5.41) is 0. The zero-order valence-electron chi connectivity index (χ0n) is 16.0. The minimum Gasteiger partial charge on any atom is -0.293 e. The van der Waals surface area contributed by atoms with Crippen molar-refractivity contribution < 1.29 is 40.5 Å². The molecule has 161 valence electrons. The van der Waals surface area contributed by atoms with Gasteiger partial charge in [-0.2, -0.15) is 26.3 Å². The van der Waals surface area contributed by atoms with E-state index in [4.69, 9.17) is 0 Å². The molecule has 30 heavy (non-hydrogen) atoms. The number of Topliss-reactive ketones (excluding diaryl/α,β-unsaturated/α-hetero) is 1. The lowest BCUT2D eigenvalue weighted by Gasteiger charge is -2.20. The van der Waals surface area contributed by atoms with Crippen LogP contribution in [-0.4, -0.2) is 17.0 Å².